The van der Waals surface area contributed by atoms with Crippen LogP contribution in [0.3, 0.4) is 0 Å². The molecule has 0 aliphatic heterocycles. The highest BCUT2D eigenvalue weighted by molar-refractivity contribution is 5.81. The van der Waals surface area contributed by atoms with Crippen molar-refractivity contribution in [1.82, 2.24) is 20.9 Å². The molecule has 0 aliphatic carbocycles. The van der Waals surface area contributed by atoms with E-state index in [4.69, 9.17) is 5.73 Å². The molecule has 5 N–H and O–H groups in total. The molecule has 0 aromatic carbocycles. The molecule has 23 heavy (non-hydrogen) atoms. The van der Waals surface area contributed by atoms with Gasteiger partial charge in [-0.2, -0.15) is 0 Å². The van der Waals surface area contributed by atoms with E-state index in [0.29, 0.717) is 6.54 Å². The summed E-state index contributed by atoms with van der Waals surface area (Å²) in [5.74, 6) is -0.268. The average molecular weight is 327 g/mol. The van der Waals surface area contributed by atoms with Crippen LogP contribution in [-0.4, -0.2) is 49.8 Å². The fourth-order valence-electron chi connectivity index (χ4n) is 1.65. The summed E-state index contributed by atoms with van der Waals surface area (Å²) in [5, 5.41) is 7.92. The topological polar surface area (TPSA) is 117 Å². The molecule has 0 saturated heterocycles. The number of carbonyl (C=O) groups excluding carboxylic acids is 3. The van der Waals surface area contributed by atoms with Crippen LogP contribution in [0.25, 0.3) is 0 Å². The lowest BCUT2D eigenvalue weighted by Crippen LogP contribution is -2.36. The fourth-order valence-corrected chi connectivity index (χ4v) is 1.65. The van der Waals surface area contributed by atoms with E-state index in [1.807, 2.05) is 13.8 Å². The van der Waals surface area contributed by atoms with Crippen LogP contribution in [0.2, 0.25) is 0 Å². The van der Waals surface area contributed by atoms with E-state index in [-0.39, 0.29) is 48.8 Å². The smallest absolute Gasteiger partial charge is 0.227 e. The summed E-state index contributed by atoms with van der Waals surface area (Å²) in [6.45, 7) is 4.37. The maximum atomic E-state index is 11.9. The maximum Gasteiger partial charge on any atom is 0.227 e. The Bertz CT molecular complexity index is 437. The van der Waals surface area contributed by atoms with E-state index in [1.54, 1.807) is 14.1 Å². The van der Waals surface area contributed by atoms with Crippen LogP contribution in [0.15, 0.2) is 12.0 Å². The highest BCUT2D eigenvalue weighted by atomic mass is 16.2. The standard InChI is InChI=1S/C15H29N5O3/c1-5-11(2)15(23)18-8-6-14(22)20(4)9-7-13(21)19-12(16)10-17-3/h10-11,17H,5-9,16H2,1-4H3,(H,18,23)(H,19,21)/b12-10+. The van der Waals surface area contributed by atoms with Gasteiger partial charge in [-0.25, -0.2) is 0 Å². The molecule has 0 spiro atoms. The number of nitrogens with one attached hydrogen (secondary N) is 3. The fraction of sp³-hybridized carbons (Fsp3) is 0.667. The van der Waals surface area contributed by atoms with Crippen LogP contribution >= 0.6 is 0 Å². The lowest BCUT2D eigenvalue weighted by molar-refractivity contribution is -0.130. The van der Waals surface area contributed by atoms with Gasteiger partial charge in [-0.3, -0.25) is 14.4 Å². The monoisotopic (exact) mass is 327 g/mol. The summed E-state index contributed by atoms with van der Waals surface area (Å²) in [7, 11) is 3.30. The summed E-state index contributed by atoms with van der Waals surface area (Å²) in [6, 6.07) is 0. The lowest BCUT2D eigenvalue weighted by Gasteiger charge is -2.17. The lowest BCUT2D eigenvalue weighted by atomic mass is 10.1. The van der Waals surface area contributed by atoms with Crippen molar-refractivity contribution in [2.24, 2.45) is 11.7 Å². The molecule has 0 fully saturated rings. The third-order valence-corrected chi connectivity index (χ3v) is 3.38. The zero-order valence-electron chi connectivity index (χ0n) is 14.4. The summed E-state index contributed by atoms with van der Waals surface area (Å²) in [4.78, 5) is 36.6. The average Bonchev–Trinajstić information content (AvgIpc) is 2.51. The molecular weight excluding hydrogens is 298 g/mol. The number of rotatable bonds is 10. The number of nitrogens with zero attached hydrogens (tertiary/aromatic N) is 1. The first kappa shape index (κ1) is 20.8. The Balaban J connectivity index is 4.00. The second kappa shape index (κ2) is 11.3. The van der Waals surface area contributed by atoms with Gasteiger partial charge in [-0.15, -0.1) is 0 Å². The molecule has 0 aromatic heterocycles. The first-order chi connectivity index (χ1) is 10.8. The molecule has 1 atom stereocenters. The highest BCUT2D eigenvalue weighted by Crippen LogP contribution is 2.00. The molecule has 0 rings (SSSR count). The Morgan fingerprint density at radius 2 is 1.91 bits per heavy atom. The molecule has 0 radical (unpaired) electrons. The van der Waals surface area contributed by atoms with Gasteiger partial charge in [0.25, 0.3) is 0 Å². The maximum absolute atomic E-state index is 11.9. The van der Waals surface area contributed by atoms with E-state index in [0.717, 1.165) is 6.42 Å². The van der Waals surface area contributed by atoms with Crippen molar-refractivity contribution in [3.8, 4) is 0 Å². The highest BCUT2D eigenvalue weighted by Gasteiger charge is 2.13. The van der Waals surface area contributed by atoms with Crippen LogP contribution in [0.4, 0.5) is 0 Å². The van der Waals surface area contributed by atoms with Crippen molar-refractivity contribution < 1.29 is 14.4 Å². The first-order valence-corrected chi connectivity index (χ1v) is 7.76. The SMILES string of the molecule is CCC(C)C(=O)NCCC(=O)N(C)CCC(=O)N/C(N)=C/NC. The Labute approximate surface area is 137 Å². The van der Waals surface area contributed by atoms with Gasteiger partial charge in [-0.05, 0) is 6.42 Å². The molecular formula is C15H29N5O3. The second-order valence-corrected chi connectivity index (χ2v) is 5.35. The minimum absolute atomic E-state index is 0.0471. The largest absolute Gasteiger partial charge is 0.391 e. The van der Waals surface area contributed by atoms with Gasteiger partial charge in [0, 0.05) is 52.1 Å². The molecule has 0 heterocycles. The minimum Gasteiger partial charge on any atom is -0.391 e. The van der Waals surface area contributed by atoms with Crippen LogP contribution in [0.5, 0.6) is 0 Å². The van der Waals surface area contributed by atoms with E-state index in [1.165, 1.54) is 11.1 Å². The van der Waals surface area contributed by atoms with Gasteiger partial charge in [0.15, 0.2) is 0 Å². The molecule has 1 unspecified atom stereocenters. The van der Waals surface area contributed by atoms with Gasteiger partial charge in [0.2, 0.25) is 17.7 Å². The van der Waals surface area contributed by atoms with Gasteiger partial charge in [-0.1, -0.05) is 13.8 Å². The van der Waals surface area contributed by atoms with Gasteiger partial charge in [0.05, 0.1) is 0 Å². The number of hydrogen-bond acceptors (Lipinski definition) is 5. The van der Waals surface area contributed by atoms with Crippen molar-refractivity contribution in [2.75, 3.05) is 27.2 Å². The van der Waals surface area contributed by atoms with E-state index >= 15 is 0 Å². The van der Waals surface area contributed by atoms with Crippen LogP contribution in [0, 0.1) is 5.92 Å². The van der Waals surface area contributed by atoms with Crippen molar-refractivity contribution in [3.63, 3.8) is 0 Å². The van der Waals surface area contributed by atoms with Gasteiger partial charge < -0.3 is 26.6 Å². The molecule has 0 saturated carbocycles. The number of carbonyl (C=O) groups is 3. The molecule has 0 aromatic rings. The third-order valence-electron chi connectivity index (χ3n) is 3.38. The quantitative estimate of drug-likeness (QED) is 0.431. The normalized spacial score (nSPS) is 12.3. The van der Waals surface area contributed by atoms with Crippen molar-refractivity contribution in [1.29, 1.82) is 0 Å². The van der Waals surface area contributed by atoms with E-state index in [2.05, 4.69) is 16.0 Å². The Kier molecular flexibility index (Phi) is 10.2. The second-order valence-electron chi connectivity index (χ2n) is 5.35. The van der Waals surface area contributed by atoms with Crippen LogP contribution < -0.4 is 21.7 Å². The van der Waals surface area contributed by atoms with Gasteiger partial charge in [0.1, 0.15) is 5.82 Å². The summed E-state index contributed by atoms with van der Waals surface area (Å²) in [6.07, 6.45) is 2.59. The summed E-state index contributed by atoms with van der Waals surface area (Å²) in [5.41, 5.74) is 5.53. The first-order valence-electron chi connectivity index (χ1n) is 7.76. The Morgan fingerprint density at radius 1 is 1.26 bits per heavy atom. The third kappa shape index (κ3) is 9.38. The zero-order chi connectivity index (χ0) is 17.8. The van der Waals surface area contributed by atoms with E-state index in [9.17, 15) is 14.4 Å². The minimum atomic E-state index is -0.265. The Hall–Kier alpha value is -2.25. The zero-order valence-corrected chi connectivity index (χ0v) is 14.4. The summed E-state index contributed by atoms with van der Waals surface area (Å²) >= 11 is 0. The number of amides is 3. The summed E-state index contributed by atoms with van der Waals surface area (Å²) < 4.78 is 0. The number of hydrogen-bond donors (Lipinski definition) is 4. The molecule has 132 valence electrons. The van der Waals surface area contributed by atoms with Crippen molar-refractivity contribution >= 4 is 17.7 Å². The molecule has 3 amide bonds. The molecule has 8 heteroatoms. The number of nitrogens with two attached hydrogens (primary N) is 1. The van der Waals surface area contributed by atoms with Crippen molar-refractivity contribution in [2.45, 2.75) is 33.1 Å². The van der Waals surface area contributed by atoms with E-state index < -0.39 is 0 Å². The van der Waals surface area contributed by atoms with Crippen LogP contribution in [-0.2, 0) is 14.4 Å². The van der Waals surface area contributed by atoms with Crippen molar-refractivity contribution in [3.05, 3.63) is 12.0 Å². The molecule has 0 aliphatic rings. The predicted molar refractivity (Wildman–Crippen MR) is 88.8 cm³/mol. The molecule has 8 nitrogen and oxygen atoms in total. The predicted octanol–water partition coefficient (Wildman–Crippen LogP) is -0.519. The van der Waals surface area contributed by atoms with Gasteiger partial charge >= 0.3 is 0 Å². The van der Waals surface area contributed by atoms with Crippen LogP contribution in [0.1, 0.15) is 33.1 Å². The molecule has 0 bridgehead atoms. The Morgan fingerprint density at radius 3 is 2.48 bits per heavy atom.